The van der Waals surface area contributed by atoms with E-state index in [0.29, 0.717) is 0 Å². The Morgan fingerprint density at radius 2 is 2.00 bits per heavy atom. The SMILES string of the molecule is Cc1cc(N)ccc1N1CCC2(CC1)OCCC1CCC12. The number of aryl methyl sites for hydroxylation is 1. The minimum Gasteiger partial charge on any atom is -0.399 e. The molecule has 3 nitrogen and oxygen atoms in total. The largest absolute Gasteiger partial charge is 0.399 e. The first-order valence-corrected chi connectivity index (χ1v) is 8.43. The molecule has 2 saturated heterocycles. The third-order valence-corrected chi connectivity index (χ3v) is 6.14. The third kappa shape index (κ3) is 2.13. The van der Waals surface area contributed by atoms with Crippen LogP contribution in [0.15, 0.2) is 18.2 Å². The third-order valence-electron chi connectivity index (χ3n) is 6.14. The number of piperidine rings is 1. The summed E-state index contributed by atoms with van der Waals surface area (Å²) in [6.45, 7) is 5.39. The Morgan fingerprint density at radius 1 is 1.19 bits per heavy atom. The summed E-state index contributed by atoms with van der Waals surface area (Å²) in [5.74, 6) is 1.81. The number of fused-ring (bicyclic) bond motifs is 2. The predicted octanol–water partition coefficient (Wildman–Crippen LogP) is 3.36. The number of nitrogen functional groups attached to an aromatic ring is 1. The summed E-state index contributed by atoms with van der Waals surface area (Å²) >= 11 is 0. The van der Waals surface area contributed by atoms with E-state index in [1.54, 1.807) is 0 Å². The normalized spacial score (nSPS) is 30.8. The number of hydrogen-bond donors (Lipinski definition) is 1. The fourth-order valence-corrected chi connectivity index (χ4v) is 4.80. The van der Waals surface area contributed by atoms with Crippen LogP contribution in [0, 0.1) is 18.8 Å². The van der Waals surface area contributed by atoms with Crippen LogP contribution in [0.5, 0.6) is 0 Å². The van der Waals surface area contributed by atoms with E-state index in [9.17, 15) is 0 Å². The molecule has 0 bridgehead atoms. The Morgan fingerprint density at radius 3 is 2.67 bits per heavy atom. The van der Waals surface area contributed by atoms with Gasteiger partial charge in [-0.15, -0.1) is 0 Å². The maximum atomic E-state index is 6.33. The zero-order valence-electron chi connectivity index (χ0n) is 13.0. The highest BCUT2D eigenvalue weighted by Gasteiger charge is 2.51. The summed E-state index contributed by atoms with van der Waals surface area (Å²) in [5.41, 5.74) is 9.57. The molecular weight excluding hydrogens is 260 g/mol. The highest BCUT2D eigenvalue weighted by atomic mass is 16.5. The smallest absolute Gasteiger partial charge is 0.0746 e. The monoisotopic (exact) mass is 286 g/mol. The molecule has 3 heteroatoms. The molecule has 0 radical (unpaired) electrons. The zero-order chi connectivity index (χ0) is 14.4. The molecule has 114 valence electrons. The number of anilines is 2. The zero-order valence-corrected chi connectivity index (χ0v) is 13.0. The van der Waals surface area contributed by atoms with Crippen LogP contribution >= 0.6 is 0 Å². The Bertz CT molecular complexity index is 534. The highest BCUT2D eigenvalue weighted by molar-refractivity contribution is 5.59. The average Bonchev–Trinajstić information content (AvgIpc) is 2.43. The molecule has 1 aromatic carbocycles. The van der Waals surface area contributed by atoms with Crippen molar-refractivity contribution in [3.05, 3.63) is 23.8 Å². The molecule has 2 atom stereocenters. The van der Waals surface area contributed by atoms with Crippen molar-refractivity contribution < 1.29 is 4.74 Å². The molecule has 1 spiro atoms. The lowest BCUT2D eigenvalue weighted by Crippen LogP contribution is -2.58. The lowest BCUT2D eigenvalue weighted by molar-refractivity contribution is -0.184. The van der Waals surface area contributed by atoms with Gasteiger partial charge in [-0.05, 0) is 74.6 Å². The average molecular weight is 286 g/mol. The van der Waals surface area contributed by atoms with Crippen molar-refractivity contribution in [2.45, 2.75) is 44.6 Å². The second-order valence-corrected chi connectivity index (χ2v) is 7.18. The van der Waals surface area contributed by atoms with E-state index in [-0.39, 0.29) is 5.60 Å². The van der Waals surface area contributed by atoms with Gasteiger partial charge in [0.25, 0.3) is 0 Å². The van der Waals surface area contributed by atoms with Crippen molar-refractivity contribution in [1.29, 1.82) is 0 Å². The Kier molecular flexibility index (Phi) is 3.14. The molecule has 1 aromatic rings. The highest BCUT2D eigenvalue weighted by Crippen LogP contribution is 2.52. The van der Waals surface area contributed by atoms with Gasteiger partial charge in [-0.25, -0.2) is 0 Å². The molecule has 21 heavy (non-hydrogen) atoms. The van der Waals surface area contributed by atoms with Gasteiger partial charge in [0, 0.05) is 31.1 Å². The quantitative estimate of drug-likeness (QED) is 0.805. The first-order valence-electron chi connectivity index (χ1n) is 8.43. The fraction of sp³-hybridized carbons (Fsp3) is 0.667. The molecular formula is C18H26N2O. The van der Waals surface area contributed by atoms with E-state index >= 15 is 0 Å². The Hall–Kier alpha value is -1.22. The molecule has 2 aliphatic heterocycles. The van der Waals surface area contributed by atoms with Crippen molar-refractivity contribution in [2.75, 3.05) is 30.3 Å². The second kappa shape index (κ2) is 4.91. The van der Waals surface area contributed by atoms with Gasteiger partial charge < -0.3 is 15.4 Å². The number of nitrogens with zero attached hydrogens (tertiary/aromatic N) is 1. The number of ether oxygens (including phenoxy) is 1. The lowest BCUT2D eigenvalue weighted by atomic mass is 9.59. The van der Waals surface area contributed by atoms with Crippen molar-refractivity contribution in [3.8, 4) is 0 Å². The van der Waals surface area contributed by atoms with Crippen LogP contribution in [0.25, 0.3) is 0 Å². The summed E-state index contributed by atoms with van der Waals surface area (Å²) < 4.78 is 6.33. The van der Waals surface area contributed by atoms with E-state index in [0.717, 1.165) is 37.2 Å². The van der Waals surface area contributed by atoms with Crippen LogP contribution in [-0.4, -0.2) is 25.3 Å². The predicted molar refractivity (Wildman–Crippen MR) is 86.6 cm³/mol. The maximum Gasteiger partial charge on any atom is 0.0746 e. The minimum absolute atomic E-state index is 0.208. The Balaban J connectivity index is 1.49. The van der Waals surface area contributed by atoms with Gasteiger partial charge in [-0.1, -0.05) is 0 Å². The van der Waals surface area contributed by atoms with Gasteiger partial charge >= 0.3 is 0 Å². The minimum atomic E-state index is 0.208. The first kappa shape index (κ1) is 13.4. The summed E-state index contributed by atoms with van der Waals surface area (Å²) in [6, 6.07) is 6.28. The van der Waals surface area contributed by atoms with Crippen LogP contribution < -0.4 is 10.6 Å². The number of nitrogens with two attached hydrogens (primary N) is 1. The summed E-state index contributed by atoms with van der Waals surface area (Å²) in [4.78, 5) is 2.52. The van der Waals surface area contributed by atoms with E-state index < -0.39 is 0 Å². The second-order valence-electron chi connectivity index (χ2n) is 7.18. The fourth-order valence-electron chi connectivity index (χ4n) is 4.80. The summed E-state index contributed by atoms with van der Waals surface area (Å²) in [6.07, 6.45) is 6.52. The molecule has 0 amide bonds. The molecule has 4 rings (SSSR count). The van der Waals surface area contributed by atoms with Crippen molar-refractivity contribution in [3.63, 3.8) is 0 Å². The van der Waals surface area contributed by atoms with Gasteiger partial charge in [0.05, 0.1) is 5.60 Å². The van der Waals surface area contributed by atoms with Gasteiger partial charge in [0.15, 0.2) is 0 Å². The van der Waals surface area contributed by atoms with Crippen molar-refractivity contribution in [1.82, 2.24) is 0 Å². The van der Waals surface area contributed by atoms with Crippen molar-refractivity contribution >= 4 is 11.4 Å². The van der Waals surface area contributed by atoms with Crippen LogP contribution in [0.1, 0.15) is 37.7 Å². The molecule has 2 unspecified atom stereocenters. The van der Waals surface area contributed by atoms with Crippen LogP contribution in [0.3, 0.4) is 0 Å². The summed E-state index contributed by atoms with van der Waals surface area (Å²) in [5, 5.41) is 0. The maximum absolute atomic E-state index is 6.33. The Labute approximate surface area is 127 Å². The molecule has 3 fully saturated rings. The molecule has 1 saturated carbocycles. The number of hydrogen-bond acceptors (Lipinski definition) is 3. The van der Waals surface area contributed by atoms with E-state index in [1.807, 2.05) is 6.07 Å². The standard InChI is InChI=1S/C18H26N2O/c1-13-12-15(19)3-5-17(13)20-9-7-18(8-10-20)16-4-2-14(16)6-11-21-18/h3,5,12,14,16H,2,4,6-11,19H2,1H3. The summed E-state index contributed by atoms with van der Waals surface area (Å²) in [7, 11) is 0. The van der Waals surface area contributed by atoms with Gasteiger partial charge in [0.2, 0.25) is 0 Å². The van der Waals surface area contributed by atoms with E-state index in [1.165, 1.54) is 43.4 Å². The topological polar surface area (TPSA) is 38.5 Å². The van der Waals surface area contributed by atoms with Gasteiger partial charge in [-0.3, -0.25) is 0 Å². The number of rotatable bonds is 1. The van der Waals surface area contributed by atoms with Gasteiger partial charge in [-0.2, -0.15) is 0 Å². The molecule has 2 heterocycles. The molecule has 3 aliphatic rings. The molecule has 0 aromatic heterocycles. The van der Waals surface area contributed by atoms with Crippen LogP contribution in [0.2, 0.25) is 0 Å². The number of benzene rings is 1. The van der Waals surface area contributed by atoms with Crippen LogP contribution in [-0.2, 0) is 4.74 Å². The van der Waals surface area contributed by atoms with Crippen LogP contribution in [0.4, 0.5) is 11.4 Å². The first-order chi connectivity index (χ1) is 10.2. The van der Waals surface area contributed by atoms with E-state index in [2.05, 4.69) is 24.0 Å². The lowest BCUT2D eigenvalue weighted by Gasteiger charge is -2.56. The molecule has 2 N–H and O–H groups in total. The van der Waals surface area contributed by atoms with E-state index in [4.69, 9.17) is 10.5 Å². The van der Waals surface area contributed by atoms with Crippen molar-refractivity contribution in [2.24, 2.45) is 11.8 Å². The molecule has 1 aliphatic carbocycles. The van der Waals surface area contributed by atoms with Gasteiger partial charge in [0.1, 0.15) is 0 Å².